The topological polar surface area (TPSA) is 106 Å². The van der Waals surface area contributed by atoms with E-state index in [4.69, 9.17) is 0 Å². The van der Waals surface area contributed by atoms with E-state index in [1.165, 1.54) is 0 Å². The second-order valence-corrected chi connectivity index (χ2v) is 10.2. The number of carbonyl (C=O) groups excluding carboxylic acids is 3. The Bertz CT molecular complexity index is 1670. The van der Waals surface area contributed by atoms with E-state index in [0.717, 1.165) is 21.9 Å². The molecule has 0 saturated heterocycles. The SMILES string of the molecule is CNC(C)C(=O)NC1CN(C(=O)c2ccc(C#N)cc2)c2ccccc2N(Cc2c(C)ccc3ccccc23)C1=O. The maximum Gasteiger partial charge on any atom is 0.258 e. The van der Waals surface area contributed by atoms with Crippen molar-refractivity contribution in [3.05, 3.63) is 107 Å². The van der Waals surface area contributed by atoms with Gasteiger partial charge in [-0.25, -0.2) is 0 Å². The zero-order valence-electron chi connectivity index (χ0n) is 23.2. The molecule has 2 N–H and O–H groups in total. The largest absolute Gasteiger partial charge is 0.341 e. The first-order chi connectivity index (χ1) is 19.8. The summed E-state index contributed by atoms with van der Waals surface area (Å²) in [7, 11) is 1.67. The highest BCUT2D eigenvalue weighted by atomic mass is 16.2. The molecular weight excluding hydrogens is 514 g/mol. The highest BCUT2D eigenvalue weighted by Crippen LogP contribution is 2.36. The van der Waals surface area contributed by atoms with Crippen LogP contribution >= 0.6 is 0 Å². The van der Waals surface area contributed by atoms with E-state index in [1.54, 1.807) is 48.0 Å². The van der Waals surface area contributed by atoms with Crippen LogP contribution in [0.5, 0.6) is 0 Å². The number of hydrogen-bond donors (Lipinski definition) is 2. The quantitative estimate of drug-likeness (QED) is 0.376. The number of nitriles is 1. The van der Waals surface area contributed by atoms with Gasteiger partial charge in [-0.05, 0) is 79.2 Å². The predicted molar refractivity (Wildman–Crippen MR) is 160 cm³/mol. The van der Waals surface area contributed by atoms with Gasteiger partial charge in [0.1, 0.15) is 6.04 Å². The molecule has 4 aromatic rings. The standard InChI is InChI=1S/C33H31N5O3/c1-21-12-15-24-8-4-5-9-26(24)27(21)19-37-29-10-6-7-11-30(29)38(32(40)25-16-13-23(18-34)14-17-25)20-28(33(37)41)36-31(39)22(2)35-3/h4-17,22,28,35H,19-20H2,1-3H3,(H,36,39). The van der Waals surface area contributed by atoms with E-state index >= 15 is 0 Å². The first-order valence-electron chi connectivity index (χ1n) is 13.5. The number of amides is 3. The van der Waals surface area contributed by atoms with Gasteiger partial charge in [0.15, 0.2) is 0 Å². The Morgan fingerprint density at radius 2 is 1.66 bits per heavy atom. The number of para-hydroxylation sites is 2. The lowest BCUT2D eigenvalue weighted by molar-refractivity contribution is -0.128. The maximum absolute atomic E-state index is 14.3. The van der Waals surface area contributed by atoms with Gasteiger partial charge in [-0.2, -0.15) is 5.26 Å². The number of aryl methyl sites for hydroxylation is 1. The number of nitrogens with zero attached hydrogens (tertiary/aromatic N) is 3. The molecule has 4 aromatic carbocycles. The summed E-state index contributed by atoms with van der Waals surface area (Å²) < 4.78 is 0. The third-order valence-electron chi connectivity index (χ3n) is 7.63. The van der Waals surface area contributed by atoms with Crippen molar-refractivity contribution in [2.24, 2.45) is 0 Å². The molecule has 0 saturated carbocycles. The number of hydrogen-bond acceptors (Lipinski definition) is 5. The summed E-state index contributed by atoms with van der Waals surface area (Å²) in [6.45, 7) is 3.94. The summed E-state index contributed by atoms with van der Waals surface area (Å²) in [5.41, 5.74) is 3.98. The Labute approximate surface area is 239 Å². The van der Waals surface area contributed by atoms with Crippen molar-refractivity contribution in [2.45, 2.75) is 32.5 Å². The number of benzene rings is 4. The average molecular weight is 546 g/mol. The number of carbonyl (C=O) groups is 3. The van der Waals surface area contributed by atoms with Crippen LogP contribution in [0.15, 0.2) is 84.9 Å². The summed E-state index contributed by atoms with van der Waals surface area (Å²) in [4.78, 5) is 44.5. The molecule has 206 valence electrons. The maximum atomic E-state index is 14.3. The minimum absolute atomic E-state index is 0.0537. The zero-order valence-corrected chi connectivity index (χ0v) is 23.2. The molecule has 0 bridgehead atoms. The molecule has 8 heteroatoms. The van der Waals surface area contributed by atoms with Crippen molar-refractivity contribution in [3.8, 4) is 6.07 Å². The van der Waals surface area contributed by atoms with Crippen LogP contribution in [0.1, 0.15) is 34.0 Å². The average Bonchev–Trinajstić information content (AvgIpc) is 3.12. The normalized spacial score (nSPS) is 15.6. The van der Waals surface area contributed by atoms with Crippen molar-refractivity contribution in [3.63, 3.8) is 0 Å². The molecule has 1 aliphatic rings. The minimum Gasteiger partial charge on any atom is -0.341 e. The monoisotopic (exact) mass is 545 g/mol. The molecular formula is C33H31N5O3. The smallest absolute Gasteiger partial charge is 0.258 e. The Morgan fingerprint density at radius 3 is 2.37 bits per heavy atom. The van der Waals surface area contributed by atoms with E-state index in [0.29, 0.717) is 22.5 Å². The Balaban J connectivity index is 1.63. The number of nitrogens with one attached hydrogen (secondary N) is 2. The minimum atomic E-state index is -0.997. The fourth-order valence-electron chi connectivity index (χ4n) is 5.13. The van der Waals surface area contributed by atoms with Gasteiger partial charge in [-0.3, -0.25) is 14.4 Å². The number of anilines is 2. The van der Waals surface area contributed by atoms with Gasteiger partial charge < -0.3 is 20.4 Å². The van der Waals surface area contributed by atoms with E-state index in [2.05, 4.69) is 22.8 Å². The van der Waals surface area contributed by atoms with Gasteiger partial charge >= 0.3 is 0 Å². The molecule has 0 spiro atoms. The second kappa shape index (κ2) is 11.6. The Morgan fingerprint density at radius 1 is 0.976 bits per heavy atom. The zero-order chi connectivity index (χ0) is 29.1. The number of likely N-dealkylation sites (N-methyl/N-ethyl adjacent to an activating group) is 1. The molecule has 0 radical (unpaired) electrons. The molecule has 1 aliphatic heterocycles. The third-order valence-corrected chi connectivity index (χ3v) is 7.63. The van der Waals surface area contributed by atoms with Gasteiger partial charge in [0.25, 0.3) is 11.8 Å². The summed E-state index contributed by atoms with van der Waals surface area (Å²) in [6.07, 6.45) is 0. The molecule has 0 aromatic heterocycles. The molecule has 0 aliphatic carbocycles. The second-order valence-electron chi connectivity index (χ2n) is 10.2. The van der Waals surface area contributed by atoms with Crippen LogP contribution in [0.2, 0.25) is 0 Å². The van der Waals surface area contributed by atoms with E-state index in [-0.39, 0.29) is 30.8 Å². The van der Waals surface area contributed by atoms with Crippen LogP contribution in [0.4, 0.5) is 11.4 Å². The highest BCUT2D eigenvalue weighted by molar-refractivity contribution is 6.13. The van der Waals surface area contributed by atoms with Crippen molar-refractivity contribution >= 4 is 39.9 Å². The Hall–Kier alpha value is -5.00. The van der Waals surface area contributed by atoms with Gasteiger partial charge in [-0.1, -0.05) is 48.5 Å². The molecule has 2 atom stereocenters. The highest BCUT2D eigenvalue weighted by Gasteiger charge is 2.38. The fourth-order valence-corrected chi connectivity index (χ4v) is 5.13. The van der Waals surface area contributed by atoms with Crippen molar-refractivity contribution in [1.29, 1.82) is 5.26 Å². The molecule has 41 heavy (non-hydrogen) atoms. The predicted octanol–water partition coefficient (Wildman–Crippen LogP) is 4.31. The van der Waals surface area contributed by atoms with Gasteiger partial charge in [0, 0.05) is 5.56 Å². The summed E-state index contributed by atoms with van der Waals surface area (Å²) in [5, 5.41) is 17.1. The van der Waals surface area contributed by atoms with Crippen LogP contribution < -0.4 is 20.4 Å². The van der Waals surface area contributed by atoms with Crippen LogP contribution in [0.25, 0.3) is 10.8 Å². The lowest BCUT2D eigenvalue weighted by Gasteiger charge is -2.27. The van der Waals surface area contributed by atoms with E-state index < -0.39 is 12.1 Å². The Kier molecular flexibility index (Phi) is 7.81. The summed E-state index contributed by atoms with van der Waals surface area (Å²) in [6, 6.07) is 26.4. The molecule has 3 amide bonds. The van der Waals surface area contributed by atoms with Gasteiger partial charge in [-0.15, -0.1) is 0 Å². The molecule has 8 nitrogen and oxygen atoms in total. The van der Waals surface area contributed by atoms with Crippen LogP contribution in [0.3, 0.4) is 0 Å². The lowest BCUT2D eigenvalue weighted by Crippen LogP contribution is -2.55. The van der Waals surface area contributed by atoms with E-state index in [1.807, 2.05) is 61.5 Å². The van der Waals surface area contributed by atoms with Crippen LogP contribution in [0, 0.1) is 18.3 Å². The molecule has 2 unspecified atom stereocenters. The third kappa shape index (κ3) is 5.40. The van der Waals surface area contributed by atoms with Crippen molar-refractivity contribution in [2.75, 3.05) is 23.4 Å². The first kappa shape index (κ1) is 27.6. The van der Waals surface area contributed by atoms with Crippen molar-refractivity contribution in [1.82, 2.24) is 10.6 Å². The van der Waals surface area contributed by atoms with Gasteiger partial charge in [0.2, 0.25) is 5.91 Å². The van der Waals surface area contributed by atoms with Gasteiger partial charge in [0.05, 0.1) is 42.1 Å². The van der Waals surface area contributed by atoms with Crippen molar-refractivity contribution < 1.29 is 14.4 Å². The van der Waals surface area contributed by atoms with E-state index in [9.17, 15) is 19.6 Å². The number of rotatable bonds is 6. The molecule has 1 heterocycles. The number of fused-ring (bicyclic) bond motifs is 2. The van der Waals surface area contributed by atoms with Crippen LogP contribution in [-0.4, -0.2) is 43.4 Å². The fraction of sp³-hybridized carbons (Fsp3) is 0.212. The lowest BCUT2D eigenvalue weighted by atomic mass is 9.99. The first-order valence-corrected chi connectivity index (χ1v) is 13.5. The summed E-state index contributed by atoms with van der Waals surface area (Å²) >= 11 is 0. The molecule has 5 rings (SSSR count). The summed E-state index contributed by atoms with van der Waals surface area (Å²) in [5.74, 6) is -0.987. The van der Waals surface area contributed by atoms with Crippen LogP contribution in [-0.2, 0) is 16.1 Å². The molecule has 0 fully saturated rings.